The van der Waals surface area contributed by atoms with Crippen molar-refractivity contribution in [1.82, 2.24) is 30.0 Å². The quantitative estimate of drug-likeness (QED) is 0.549. The maximum absolute atomic E-state index is 12.6. The minimum atomic E-state index is 0.124. The topological polar surface area (TPSA) is 101 Å². The van der Waals surface area contributed by atoms with E-state index in [-0.39, 0.29) is 5.91 Å². The number of hydrogen-bond donors (Lipinski definition) is 1. The highest BCUT2D eigenvalue weighted by molar-refractivity contribution is 5.76. The second-order valence-corrected chi connectivity index (χ2v) is 7.55. The fourth-order valence-corrected chi connectivity index (χ4v) is 3.91. The smallest absolute Gasteiger partial charge is 0.227 e. The van der Waals surface area contributed by atoms with Crippen molar-refractivity contribution in [2.45, 2.75) is 31.6 Å². The lowest BCUT2D eigenvalue weighted by Crippen LogP contribution is -2.38. The van der Waals surface area contributed by atoms with Crippen molar-refractivity contribution in [3.05, 3.63) is 60.5 Å². The van der Waals surface area contributed by atoms with Gasteiger partial charge in [0, 0.05) is 49.8 Å². The van der Waals surface area contributed by atoms with Crippen LogP contribution in [0.15, 0.2) is 53.3 Å². The molecular weight excluding hydrogens is 380 g/mol. The lowest BCUT2D eigenvalue weighted by atomic mass is 9.96. The molecule has 4 aromatic rings. The summed E-state index contributed by atoms with van der Waals surface area (Å²) in [6.45, 7) is 1.48. The zero-order chi connectivity index (χ0) is 20.3. The molecule has 3 aromatic heterocycles. The highest BCUT2D eigenvalue weighted by Crippen LogP contribution is 2.28. The number of carbonyl (C=O) groups excluding carboxylic acids is 1. The van der Waals surface area contributed by atoms with Gasteiger partial charge in [-0.2, -0.15) is 4.98 Å². The van der Waals surface area contributed by atoms with Gasteiger partial charge >= 0.3 is 0 Å². The van der Waals surface area contributed by atoms with Crippen LogP contribution < -0.4 is 0 Å². The first-order chi connectivity index (χ1) is 14.8. The monoisotopic (exact) mass is 402 g/mol. The maximum Gasteiger partial charge on any atom is 0.227 e. The number of rotatable bonds is 5. The normalized spacial score (nSPS) is 15.0. The number of pyridine rings is 1. The number of nitrogens with one attached hydrogen (secondary N) is 1. The highest BCUT2D eigenvalue weighted by Gasteiger charge is 2.26. The highest BCUT2D eigenvalue weighted by atomic mass is 16.5. The Morgan fingerprint density at radius 1 is 1.13 bits per heavy atom. The van der Waals surface area contributed by atoms with E-state index >= 15 is 0 Å². The minimum absolute atomic E-state index is 0.124. The Bertz CT molecular complexity index is 1110. The Morgan fingerprint density at radius 2 is 2.00 bits per heavy atom. The van der Waals surface area contributed by atoms with Crippen LogP contribution in [0.3, 0.4) is 0 Å². The number of likely N-dealkylation sites (tertiary alicyclic amines) is 1. The van der Waals surface area contributed by atoms with Gasteiger partial charge in [-0.05, 0) is 37.1 Å². The maximum atomic E-state index is 12.6. The van der Waals surface area contributed by atoms with Crippen molar-refractivity contribution < 1.29 is 9.32 Å². The summed E-state index contributed by atoms with van der Waals surface area (Å²) >= 11 is 0. The second-order valence-electron chi connectivity index (χ2n) is 7.55. The molecular formula is C22H22N6O2. The number of hydrogen-bond acceptors (Lipinski definition) is 6. The number of carbonyl (C=O) groups is 1. The molecule has 152 valence electrons. The van der Waals surface area contributed by atoms with E-state index in [0.717, 1.165) is 48.4 Å². The number of para-hydroxylation sites is 2. The largest absolute Gasteiger partial charge is 0.343 e. The lowest BCUT2D eigenvalue weighted by molar-refractivity contribution is -0.132. The van der Waals surface area contributed by atoms with E-state index in [1.165, 1.54) is 0 Å². The first-order valence-electron chi connectivity index (χ1n) is 10.2. The summed E-state index contributed by atoms with van der Waals surface area (Å²) in [4.78, 5) is 31.1. The van der Waals surface area contributed by atoms with Crippen molar-refractivity contribution in [2.75, 3.05) is 13.1 Å². The average molecular weight is 402 g/mol. The van der Waals surface area contributed by atoms with Gasteiger partial charge < -0.3 is 14.4 Å². The third-order valence-corrected chi connectivity index (χ3v) is 5.58. The number of H-pyrrole nitrogens is 1. The molecule has 0 aliphatic carbocycles. The van der Waals surface area contributed by atoms with Gasteiger partial charge in [-0.25, -0.2) is 4.98 Å². The second kappa shape index (κ2) is 8.06. The standard InChI is InChI=1S/C22H22N6O2/c29-20(8-7-19-26-22(27-30-19)16-4-3-11-23-14-16)28-12-9-15(10-13-28)21-24-17-5-1-2-6-18(17)25-21/h1-6,11,14-15H,7-10,12-13H2,(H,24,25). The molecule has 1 aromatic carbocycles. The molecule has 30 heavy (non-hydrogen) atoms. The van der Waals surface area contributed by atoms with Gasteiger partial charge in [0.25, 0.3) is 0 Å². The van der Waals surface area contributed by atoms with Gasteiger partial charge in [-0.1, -0.05) is 17.3 Å². The van der Waals surface area contributed by atoms with Crippen LogP contribution in [0.2, 0.25) is 0 Å². The molecule has 1 amide bonds. The van der Waals surface area contributed by atoms with Crippen LogP contribution in [0.5, 0.6) is 0 Å². The lowest BCUT2D eigenvalue weighted by Gasteiger charge is -2.31. The summed E-state index contributed by atoms with van der Waals surface area (Å²) in [5.41, 5.74) is 2.86. The molecule has 5 rings (SSSR count). The van der Waals surface area contributed by atoms with E-state index in [9.17, 15) is 4.79 Å². The zero-order valence-electron chi connectivity index (χ0n) is 16.5. The van der Waals surface area contributed by atoms with Crippen molar-refractivity contribution in [3.63, 3.8) is 0 Å². The number of amides is 1. The number of benzene rings is 1. The van der Waals surface area contributed by atoms with Gasteiger partial charge in [-0.3, -0.25) is 9.78 Å². The molecule has 0 unspecified atom stereocenters. The van der Waals surface area contributed by atoms with Crippen LogP contribution >= 0.6 is 0 Å². The Labute approximate surface area is 173 Å². The van der Waals surface area contributed by atoms with E-state index in [2.05, 4.69) is 20.1 Å². The predicted octanol–water partition coefficient (Wildman–Crippen LogP) is 3.35. The number of fused-ring (bicyclic) bond motifs is 1. The molecule has 0 saturated carbocycles. The Hall–Kier alpha value is -3.55. The van der Waals surface area contributed by atoms with E-state index in [0.29, 0.717) is 30.5 Å². The molecule has 1 fully saturated rings. The third kappa shape index (κ3) is 3.80. The minimum Gasteiger partial charge on any atom is -0.343 e. The zero-order valence-corrected chi connectivity index (χ0v) is 16.5. The van der Waals surface area contributed by atoms with E-state index in [1.54, 1.807) is 12.4 Å². The molecule has 0 bridgehead atoms. The molecule has 0 spiro atoms. The van der Waals surface area contributed by atoms with E-state index in [1.807, 2.05) is 41.3 Å². The Morgan fingerprint density at radius 3 is 2.80 bits per heavy atom. The summed E-state index contributed by atoms with van der Waals surface area (Å²) in [6.07, 6.45) is 6.01. The molecule has 8 nitrogen and oxygen atoms in total. The molecule has 1 saturated heterocycles. The summed E-state index contributed by atoms with van der Waals surface area (Å²) in [5, 5.41) is 3.98. The predicted molar refractivity (Wildman–Crippen MR) is 110 cm³/mol. The number of aromatic amines is 1. The molecule has 1 aliphatic rings. The molecule has 1 aliphatic heterocycles. The fourth-order valence-electron chi connectivity index (χ4n) is 3.91. The number of aromatic nitrogens is 5. The Balaban J connectivity index is 1.14. The van der Waals surface area contributed by atoms with Crippen LogP contribution in [0, 0.1) is 0 Å². The van der Waals surface area contributed by atoms with Crippen LogP contribution in [-0.2, 0) is 11.2 Å². The summed E-state index contributed by atoms with van der Waals surface area (Å²) in [6, 6.07) is 11.8. The number of nitrogens with zero attached hydrogens (tertiary/aromatic N) is 5. The van der Waals surface area contributed by atoms with Crippen molar-refractivity contribution >= 4 is 16.9 Å². The summed E-state index contributed by atoms with van der Waals surface area (Å²) in [5.74, 6) is 2.48. The number of imidazole rings is 1. The SMILES string of the molecule is O=C(CCc1nc(-c2cccnc2)no1)N1CCC(c2nc3ccccc3[nH]2)CC1. The van der Waals surface area contributed by atoms with Crippen molar-refractivity contribution in [2.24, 2.45) is 0 Å². The first-order valence-corrected chi connectivity index (χ1v) is 10.2. The van der Waals surface area contributed by atoms with Gasteiger partial charge in [-0.15, -0.1) is 0 Å². The van der Waals surface area contributed by atoms with Crippen LogP contribution in [0.4, 0.5) is 0 Å². The van der Waals surface area contributed by atoms with Crippen LogP contribution in [0.1, 0.15) is 36.9 Å². The van der Waals surface area contributed by atoms with Gasteiger partial charge in [0.1, 0.15) is 5.82 Å². The third-order valence-electron chi connectivity index (χ3n) is 5.58. The van der Waals surface area contributed by atoms with Crippen LogP contribution in [0.25, 0.3) is 22.4 Å². The fraction of sp³-hybridized carbons (Fsp3) is 0.318. The van der Waals surface area contributed by atoms with Crippen molar-refractivity contribution in [3.8, 4) is 11.4 Å². The van der Waals surface area contributed by atoms with Gasteiger partial charge in [0.05, 0.1) is 11.0 Å². The average Bonchev–Trinajstić information content (AvgIpc) is 3.45. The Kier molecular flexibility index (Phi) is 4.96. The molecule has 0 radical (unpaired) electrons. The van der Waals surface area contributed by atoms with Gasteiger partial charge in [0.2, 0.25) is 17.6 Å². The first kappa shape index (κ1) is 18.5. The number of piperidine rings is 1. The van der Waals surface area contributed by atoms with Crippen molar-refractivity contribution in [1.29, 1.82) is 0 Å². The number of aryl methyl sites for hydroxylation is 1. The van der Waals surface area contributed by atoms with E-state index in [4.69, 9.17) is 9.51 Å². The van der Waals surface area contributed by atoms with Crippen LogP contribution in [-0.4, -0.2) is 49.0 Å². The molecule has 8 heteroatoms. The summed E-state index contributed by atoms with van der Waals surface area (Å²) in [7, 11) is 0. The van der Waals surface area contributed by atoms with E-state index < -0.39 is 0 Å². The van der Waals surface area contributed by atoms with Gasteiger partial charge in [0.15, 0.2) is 0 Å². The molecule has 4 heterocycles. The molecule has 0 atom stereocenters. The molecule has 1 N–H and O–H groups in total. The summed E-state index contributed by atoms with van der Waals surface area (Å²) < 4.78 is 5.29.